The Kier molecular flexibility index (Phi) is 3.26. The number of aromatic nitrogens is 1. The van der Waals surface area contributed by atoms with Crippen molar-refractivity contribution in [2.24, 2.45) is 0 Å². The standard InChI is InChI=1S/C11H15BrN2O/c1-11(4-7-13-8-5-11)15-9-3-2-6-14-10(9)12/h2-3,6,13H,4-5,7-8H2,1H3. The molecule has 1 aromatic rings. The lowest BCUT2D eigenvalue weighted by molar-refractivity contribution is 0.0543. The maximum Gasteiger partial charge on any atom is 0.152 e. The number of nitrogens with zero attached hydrogens (tertiary/aromatic N) is 1. The first-order valence-corrected chi connectivity index (χ1v) is 5.99. The predicted octanol–water partition coefficient (Wildman–Crippen LogP) is 2.37. The zero-order valence-electron chi connectivity index (χ0n) is 8.79. The van der Waals surface area contributed by atoms with E-state index in [-0.39, 0.29) is 5.60 Å². The van der Waals surface area contributed by atoms with E-state index in [1.54, 1.807) is 6.20 Å². The summed E-state index contributed by atoms with van der Waals surface area (Å²) in [5.74, 6) is 0.835. The molecule has 15 heavy (non-hydrogen) atoms. The van der Waals surface area contributed by atoms with E-state index in [2.05, 4.69) is 33.2 Å². The number of nitrogens with one attached hydrogen (secondary N) is 1. The first kappa shape index (κ1) is 10.9. The Balaban J connectivity index is 2.10. The van der Waals surface area contributed by atoms with Gasteiger partial charge in [0.05, 0.1) is 0 Å². The molecular formula is C11H15BrN2O. The summed E-state index contributed by atoms with van der Waals surface area (Å²) >= 11 is 3.40. The van der Waals surface area contributed by atoms with Crippen LogP contribution < -0.4 is 10.1 Å². The Morgan fingerprint density at radius 1 is 1.47 bits per heavy atom. The van der Waals surface area contributed by atoms with Gasteiger partial charge in [0.2, 0.25) is 0 Å². The number of rotatable bonds is 2. The van der Waals surface area contributed by atoms with E-state index in [9.17, 15) is 0 Å². The van der Waals surface area contributed by atoms with Gasteiger partial charge in [0, 0.05) is 6.20 Å². The molecule has 1 aromatic heterocycles. The summed E-state index contributed by atoms with van der Waals surface area (Å²) in [7, 11) is 0. The van der Waals surface area contributed by atoms with E-state index in [1.165, 1.54) is 0 Å². The molecule has 2 heterocycles. The smallest absolute Gasteiger partial charge is 0.152 e. The van der Waals surface area contributed by atoms with Crippen LogP contribution in [0, 0.1) is 0 Å². The topological polar surface area (TPSA) is 34.1 Å². The highest BCUT2D eigenvalue weighted by atomic mass is 79.9. The van der Waals surface area contributed by atoms with Crippen LogP contribution >= 0.6 is 15.9 Å². The molecule has 1 aliphatic heterocycles. The summed E-state index contributed by atoms with van der Waals surface area (Å²) in [5, 5.41) is 3.33. The van der Waals surface area contributed by atoms with E-state index >= 15 is 0 Å². The zero-order chi connectivity index (χ0) is 10.7. The van der Waals surface area contributed by atoms with Crippen LogP contribution in [-0.4, -0.2) is 23.7 Å². The summed E-state index contributed by atoms with van der Waals surface area (Å²) in [6.07, 6.45) is 3.82. The van der Waals surface area contributed by atoms with Crippen molar-refractivity contribution in [3.05, 3.63) is 22.9 Å². The molecule has 0 spiro atoms. The van der Waals surface area contributed by atoms with Crippen LogP contribution in [0.15, 0.2) is 22.9 Å². The minimum atomic E-state index is -0.0587. The number of ether oxygens (including phenoxy) is 1. The highest BCUT2D eigenvalue weighted by Gasteiger charge is 2.29. The van der Waals surface area contributed by atoms with Gasteiger partial charge in [-0.15, -0.1) is 0 Å². The number of piperidine rings is 1. The molecule has 1 saturated heterocycles. The van der Waals surface area contributed by atoms with Gasteiger partial charge in [-0.1, -0.05) is 0 Å². The maximum absolute atomic E-state index is 6.02. The Bertz CT molecular complexity index is 337. The van der Waals surface area contributed by atoms with Gasteiger partial charge in [0.25, 0.3) is 0 Å². The van der Waals surface area contributed by atoms with Crippen LogP contribution in [0.4, 0.5) is 0 Å². The second-order valence-electron chi connectivity index (χ2n) is 4.09. The molecule has 0 aliphatic carbocycles. The van der Waals surface area contributed by atoms with Crippen molar-refractivity contribution in [1.82, 2.24) is 10.3 Å². The minimum absolute atomic E-state index is 0.0587. The highest BCUT2D eigenvalue weighted by molar-refractivity contribution is 9.10. The summed E-state index contributed by atoms with van der Waals surface area (Å²) in [5.41, 5.74) is -0.0587. The van der Waals surface area contributed by atoms with Gasteiger partial charge >= 0.3 is 0 Å². The average molecular weight is 271 g/mol. The lowest BCUT2D eigenvalue weighted by Crippen LogP contribution is -2.43. The van der Waals surface area contributed by atoms with E-state index in [0.29, 0.717) is 0 Å². The van der Waals surface area contributed by atoms with Crippen molar-refractivity contribution in [2.75, 3.05) is 13.1 Å². The van der Waals surface area contributed by atoms with Crippen LogP contribution in [0.3, 0.4) is 0 Å². The Hall–Kier alpha value is -0.610. The summed E-state index contributed by atoms with van der Waals surface area (Å²) in [4.78, 5) is 4.15. The number of pyridine rings is 1. The summed E-state index contributed by atoms with van der Waals surface area (Å²) in [6, 6.07) is 3.84. The van der Waals surface area contributed by atoms with Crippen molar-refractivity contribution >= 4 is 15.9 Å². The predicted molar refractivity (Wildman–Crippen MR) is 63.1 cm³/mol. The van der Waals surface area contributed by atoms with E-state index in [0.717, 1.165) is 36.3 Å². The molecule has 1 N–H and O–H groups in total. The molecule has 0 bridgehead atoms. The quantitative estimate of drug-likeness (QED) is 0.838. The molecule has 0 atom stereocenters. The molecule has 0 amide bonds. The van der Waals surface area contributed by atoms with Crippen LogP contribution in [0.1, 0.15) is 19.8 Å². The fourth-order valence-corrected chi connectivity index (χ4v) is 2.10. The molecule has 82 valence electrons. The number of halogens is 1. The molecule has 3 nitrogen and oxygen atoms in total. The molecule has 0 saturated carbocycles. The van der Waals surface area contributed by atoms with Crippen LogP contribution in [0.5, 0.6) is 5.75 Å². The van der Waals surface area contributed by atoms with Crippen molar-refractivity contribution in [2.45, 2.75) is 25.4 Å². The summed E-state index contributed by atoms with van der Waals surface area (Å²) in [6.45, 7) is 4.20. The SMILES string of the molecule is CC1(Oc2cccnc2Br)CCNCC1. The van der Waals surface area contributed by atoms with E-state index in [1.807, 2.05) is 12.1 Å². The third-order valence-corrected chi connectivity index (χ3v) is 3.34. The van der Waals surface area contributed by atoms with Crippen molar-refractivity contribution in [1.29, 1.82) is 0 Å². The van der Waals surface area contributed by atoms with Crippen molar-refractivity contribution in [3.63, 3.8) is 0 Å². The fraction of sp³-hybridized carbons (Fsp3) is 0.545. The lowest BCUT2D eigenvalue weighted by atomic mass is 9.94. The van der Waals surface area contributed by atoms with Gasteiger partial charge in [0.15, 0.2) is 5.75 Å². The van der Waals surface area contributed by atoms with Gasteiger partial charge in [-0.25, -0.2) is 4.98 Å². The van der Waals surface area contributed by atoms with Gasteiger partial charge in [-0.05, 0) is 60.9 Å². The Labute approximate surface area is 98.4 Å². The van der Waals surface area contributed by atoms with Crippen LogP contribution in [-0.2, 0) is 0 Å². The van der Waals surface area contributed by atoms with Crippen molar-refractivity contribution < 1.29 is 4.74 Å². The number of hydrogen-bond donors (Lipinski definition) is 1. The van der Waals surface area contributed by atoms with Gasteiger partial charge in [-0.2, -0.15) is 0 Å². The molecule has 1 aliphatic rings. The summed E-state index contributed by atoms with van der Waals surface area (Å²) < 4.78 is 6.81. The normalized spacial score (nSPS) is 19.9. The fourth-order valence-electron chi connectivity index (χ4n) is 1.77. The maximum atomic E-state index is 6.02. The third kappa shape index (κ3) is 2.69. The molecule has 0 aromatic carbocycles. The van der Waals surface area contributed by atoms with Gasteiger partial charge in [-0.3, -0.25) is 0 Å². The van der Waals surface area contributed by atoms with E-state index in [4.69, 9.17) is 4.74 Å². The molecule has 1 fully saturated rings. The zero-order valence-corrected chi connectivity index (χ0v) is 10.4. The molecule has 4 heteroatoms. The lowest BCUT2D eigenvalue weighted by Gasteiger charge is -2.34. The highest BCUT2D eigenvalue weighted by Crippen LogP contribution is 2.29. The largest absolute Gasteiger partial charge is 0.485 e. The first-order chi connectivity index (χ1) is 7.20. The van der Waals surface area contributed by atoms with E-state index < -0.39 is 0 Å². The Morgan fingerprint density at radius 2 is 2.20 bits per heavy atom. The van der Waals surface area contributed by atoms with Crippen LogP contribution in [0.25, 0.3) is 0 Å². The second-order valence-corrected chi connectivity index (χ2v) is 4.85. The van der Waals surface area contributed by atoms with Crippen LogP contribution in [0.2, 0.25) is 0 Å². The molecular weight excluding hydrogens is 256 g/mol. The Morgan fingerprint density at radius 3 is 2.87 bits per heavy atom. The molecule has 0 unspecified atom stereocenters. The average Bonchev–Trinajstić information content (AvgIpc) is 2.22. The van der Waals surface area contributed by atoms with Gasteiger partial charge < -0.3 is 10.1 Å². The monoisotopic (exact) mass is 270 g/mol. The third-order valence-electron chi connectivity index (χ3n) is 2.74. The molecule has 0 radical (unpaired) electrons. The first-order valence-electron chi connectivity index (χ1n) is 5.20. The van der Waals surface area contributed by atoms with Gasteiger partial charge in [0.1, 0.15) is 10.2 Å². The number of hydrogen-bond acceptors (Lipinski definition) is 3. The molecule has 2 rings (SSSR count). The minimum Gasteiger partial charge on any atom is -0.485 e. The second kappa shape index (κ2) is 4.49. The van der Waals surface area contributed by atoms with Crippen molar-refractivity contribution in [3.8, 4) is 5.75 Å².